The minimum Gasteiger partial charge on any atom is -0.480 e. The molecular formula is C9H12N2O5S2. The van der Waals surface area contributed by atoms with E-state index in [4.69, 9.17) is 10.2 Å². The molecule has 0 saturated heterocycles. The molecule has 1 unspecified atom stereocenters. The Kier molecular flexibility index (Phi) is 4.43. The van der Waals surface area contributed by atoms with Crippen molar-refractivity contribution in [3.63, 3.8) is 0 Å². The van der Waals surface area contributed by atoms with Crippen LogP contribution in [0.4, 0.5) is 0 Å². The van der Waals surface area contributed by atoms with Gasteiger partial charge >= 0.3 is 5.97 Å². The first-order valence-corrected chi connectivity index (χ1v) is 7.33. The van der Waals surface area contributed by atoms with Crippen LogP contribution in [0.15, 0.2) is 15.7 Å². The van der Waals surface area contributed by atoms with Gasteiger partial charge in [0.05, 0.1) is 5.56 Å². The predicted octanol–water partition coefficient (Wildman–Crippen LogP) is -0.0115. The fraction of sp³-hybridized carbons (Fsp3) is 0.333. The van der Waals surface area contributed by atoms with Crippen molar-refractivity contribution in [2.45, 2.75) is 23.6 Å². The first kappa shape index (κ1) is 14.6. The number of rotatable bonds is 5. The summed E-state index contributed by atoms with van der Waals surface area (Å²) in [6, 6.07) is 0.111. The number of carbonyl (C=O) groups excluding carboxylic acids is 1. The summed E-state index contributed by atoms with van der Waals surface area (Å²) in [6.45, 7) is 1.61. The van der Waals surface area contributed by atoms with Crippen LogP contribution in [0, 0.1) is 0 Å². The lowest BCUT2D eigenvalue weighted by Gasteiger charge is -2.10. The van der Waals surface area contributed by atoms with Crippen molar-refractivity contribution in [3.8, 4) is 0 Å². The first-order chi connectivity index (χ1) is 8.25. The molecule has 100 valence electrons. The van der Waals surface area contributed by atoms with Crippen LogP contribution < -0.4 is 10.5 Å². The van der Waals surface area contributed by atoms with E-state index in [9.17, 15) is 18.0 Å². The van der Waals surface area contributed by atoms with Gasteiger partial charge in [-0.05, 0) is 12.5 Å². The molecule has 1 aromatic rings. The van der Waals surface area contributed by atoms with E-state index in [1.807, 2.05) is 0 Å². The zero-order chi connectivity index (χ0) is 13.9. The second-order valence-electron chi connectivity index (χ2n) is 3.47. The molecule has 1 amide bonds. The van der Waals surface area contributed by atoms with Crippen molar-refractivity contribution in [2.75, 3.05) is 0 Å². The fourth-order valence-electron chi connectivity index (χ4n) is 1.16. The largest absolute Gasteiger partial charge is 0.480 e. The summed E-state index contributed by atoms with van der Waals surface area (Å²) in [5.41, 5.74) is 0.0729. The minimum atomic E-state index is -3.84. The van der Waals surface area contributed by atoms with Crippen molar-refractivity contribution in [2.24, 2.45) is 5.14 Å². The Morgan fingerprint density at radius 2 is 2.17 bits per heavy atom. The molecule has 1 aromatic heterocycles. The fourth-order valence-corrected chi connectivity index (χ4v) is 2.75. The lowest BCUT2D eigenvalue weighted by atomic mass is 10.2. The minimum absolute atomic E-state index is 0.0729. The third-order valence-electron chi connectivity index (χ3n) is 2.13. The van der Waals surface area contributed by atoms with Gasteiger partial charge < -0.3 is 10.4 Å². The van der Waals surface area contributed by atoms with Crippen LogP contribution in [-0.4, -0.2) is 31.4 Å². The van der Waals surface area contributed by atoms with Crippen LogP contribution >= 0.6 is 11.3 Å². The van der Waals surface area contributed by atoms with Crippen molar-refractivity contribution in [1.82, 2.24) is 5.32 Å². The Morgan fingerprint density at radius 1 is 1.56 bits per heavy atom. The summed E-state index contributed by atoms with van der Waals surface area (Å²) >= 11 is 0.807. The van der Waals surface area contributed by atoms with Gasteiger partial charge in [0.25, 0.3) is 5.91 Å². The molecule has 0 bridgehead atoms. The molecule has 0 aliphatic carbocycles. The van der Waals surface area contributed by atoms with E-state index in [1.165, 1.54) is 5.38 Å². The zero-order valence-corrected chi connectivity index (χ0v) is 11.0. The van der Waals surface area contributed by atoms with Gasteiger partial charge in [-0.15, -0.1) is 11.3 Å². The topological polar surface area (TPSA) is 127 Å². The number of carboxylic acids is 1. The summed E-state index contributed by atoms with van der Waals surface area (Å²) in [5.74, 6) is -1.79. The van der Waals surface area contributed by atoms with Crippen LogP contribution in [0.3, 0.4) is 0 Å². The Morgan fingerprint density at radius 3 is 2.56 bits per heavy atom. The number of carboxylic acid groups (broad SMARTS) is 1. The molecule has 0 aliphatic heterocycles. The molecule has 18 heavy (non-hydrogen) atoms. The Balaban J connectivity index is 2.86. The van der Waals surface area contributed by atoms with E-state index in [1.54, 1.807) is 6.92 Å². The third kappa shape index (κ3) is 3.52. The van der Waals surface area contributed by atoms with Gasteiger partial charge in [0.15, 0.2) is 0 Å². The first-order valence-electron chi connectivity index (χ1n) is 4.90. The second-order valence-corrected chi connectivity index (χ2v) is 6.17. The van der Waals surface area contributed by atoms with Crippen LogP contribution in [-0.2, 0) is 14.8 Å². The number of sulfonamides is 1. The number of nitrogens with one attached hydrogen (secondary N) is 1. The molecule has 1 atom stereocenters. The maximum atomic E-state index is 11.7. The number of hydrogen-bond acceptors (Lipinski definition) is 5. The summed E-state index contributed by atoms with van der Waals surface area (Å²) in [4.78, 5) is 22.4. The monoisotopic (exact) mass is 292 g/mol. The summed E-state index contributed by atoms with van der Waals surface area (Å²) in [6.07, 6.45) is 0.229. The van der Waals surface area contributed by atoms with E-state index in [0.717, 1.165) is 17.4 Å². The number of carbonyl (C=O) groups is 2. The van der Waals surface area contributed by atoms with Crippen LogP contribution in [0.5, 0.6) is 0 Å². The highest BCUT2D eigenvalue weighted by Crippen LogP contribution is 2.18. The molecule has 9 heteroatoms. The van der Waals surface area contributed by atoms with Crippen molar-refractivity contribution >= 4 is 33.2 Å². The molecule has 0 aliphatic rings. The smallest absolute Gasteiger partial charge is 0.326 e. The summed E-state index contributed by atoms with van der Waals surface area (Å²) in [5, 5.41) is 17.3. The molecule has 0 saturated carbocycles. The van der Waals surface area contributed by atoms with E-state index in [-0.39, 0.29) is 16.2 Å². The highest BCUT2D eigenvalue weighted by molar-refractivity contribution is 7.91. The lowest BCUT2D eigenvalue weighted by molar-refractivity contribution is -0.139. The number of aliphatic carboxylic acids is 1. The third-order valence-corrected chi connectivity index (χ3v) is 4.52. The standard InChI is InChI=1S/C9H12N2O5S2/c1-2-6(9(13)14)11-8(12)5-3-7(17-4-5)18(10,15)16/h3-4,6H,2H2,1H3,(H,11,12)(H,13,14)(H2,10,15,16). The number of hydrogen-bond donors (Lipinski definition) is 3. The number of thiophene rings is 1. The van der Waals surface area contributed by atoms with Gasteiger partial charge in [0.1, 0.15) is 10.3 Å². The Bertz CT molecular complexity index is 563. The maximum absolute atomic E-state index is 11.7. The highest BCUT2D eigenvalue weighted by atomic mass is 32.2. The quantitative estimate of drug-likeness (QED) is 0.703. The van der Waals surface area contributed by atoms with Crippen molar-refractivity contribution < 1.29 is 23.1 Å². The van der Waals surface area contributed by atoms with Gasteiger partial charge in [-0.25, -0.2) is 18.4 Å². The van der Waals surface area contributed by atoms with Gasteiger partial charge in [-0.3, -0.25) is 4.79 Å². The Labute approximate surface area is 108 Å². The summed E-state index contributed by atoms with van der Waals surface area (Å²) in [7, 11) is -3.84. The normalized spacial score (nSPS) is 13.0. The molecular weight excluding hydrogens is 280 g/mol. The molecule has 1 rings (SSSR count). The van der Waals surface area contributed by atoms with Gasteiger partial charge in [-0.2, -0.15) is 0 Å². The second kappa shape index (κ2) is 5.46. The maximum Gasteiger partial charge on any atom is 0.326 e. The molecule has 0 fully saturated rings. The van der Waals surface area contributed by atoms with Crippen LogP contribution in [0.1, 0.15) is 23.7 Å². The van der Waals surface area contributed by atoms with Crippen molar-refractivity contribution in [3.05, 3.63) is 17.0 Å². The van der Waals surface area contributed by atoms with Crippen molar-refractivity contribution in [1.29, 1.82) is 0 Å². The summed E-state index contributed by atoms with van der Waals surface area (Å²) < 4.78 is 21.9. The lowest BCUT2D eigenvalue weighted by Crippen LogP contribution is -2.40. The van der Waals surface area contributed by atoms with E-state index < -0.39 is 27.9 Å². The van der Waals surface area contributed by atoms with Gasteiger partial charge in [0.2, 0.25) is 10.0 Å². The highest BCUT2D eigenvalue weighted by Gasteiger charge is 2.20. The molecule has 0 spiro atoms. The molecule has 0 radical (unpaired) electrons. The average molecular weight is 292 g/mol. The van der Waals surface area contributed by atoms with Crippen LogP contribution in [0.25, 0.3) is 0 Å². The Hall–Kier alpha value is -1.45. The zero-order valence-electron chi connectivity index (χ0n) is 9.41. The molecule has 1 heterocycles. The molecule has 7 nitrogen and oxygen atoms in total. The predicted molar refractivity (Wildman–Crippen MR) is 64.9 cm³/mol. The van der Waals surface area contributed by atoms with E-state index >= 15 is 0 Å². The number of primary sulfonamides is 1. The number of nitrogens with two attached hydrogens (primary N) is 1. The van der Waals surface area contributed by atoms with E-state index in [2.05, 4.69) is 5.32 Å². The molecule has 0 aromatic carbocycles. The SMILES string of the molecule is CCC(NC(=O)c1csc(S(N)(=O)=O)c1)C(=O)O. The number of amides is 1. The van der Waals surface area contributed by atoms with Gasteiger partial charge in [-0.1, -0.05) is 6.92 Å². The van der Waals surface area contributed by atoms with Crippen LogP contribution in [0.2, 0.25) is 0 Å². The molecule has 4 N–H and O–H groups in total. The van der Waals surface area contributed by atoms with E-state index in [0.29, 0.717) is 0 Å². The average Bonchev–Trinajstić information content (AvgIpc) is 2.73. The van der Waals surface area contributed by atoms with Gasteiger partial charge in [0, 0.05) is 5.38 Å².